The number of aryl methyl sites for hydroxylation is 1. The van der Waals surface area contributed by atoms with Crippen LogP contribution in [0.1, 0.15) is 52.6 Å². The van der Waals surface area contributed by atoms with E-state index in [1.807, 2.05) is 24.2 Å². The molecule has 4 rings (SSSR count). The van der Waals surface area contributed by atoms with E-state index in [1.165, 1.54) is 5.56 Å². The van der Waals surface area contributed by atoms with Crippen LogP contribution in [0.25, 0.3) is 0 Å². The van der Waals surface area contributed by atoms with E-state index >= 15 is 0 Å². The van der Waals surface area contributed by atoms with Gasteiger partial charge in [0, 0.05) is 37.6 Å². The summed E-state index contributed by atoms with van der Waals surface area (Å²) in [5.74, 6) is 1.84. The first-order valence-corrected chi connectivity index (χ1v) is 8.72. The summed E-state index contributed by atoms with van der Waals surface area (Å²) in [4.78, 5) is 27.8. The third-order valence-corrected chi connectivity index (χ3v) is 4.98. The fraction of sp³-hybridized carbons (Fsp3) is 0.474. The number of likely N-dealkylation sites (tertiary alicyclic amines) is 1. The summed E-state index contributed by atoms with van der Waals surface area (Å²) in [6, 6.07) is 4.12. The minimum atomic E-state index is 0.106. The van der Waals surface area contributed by atoms with Gasteiger partial charge in [0.1, 0.15) is 5.82 Å². The van der Waals surface area contributed by atoms with Gasteiger partial charge in [-0.05, 0) is 56.2 Å². The molecule has 0 spiro atoms. The van der Waals surface area contributed by atoms with E-state index in [0.29, 0.717) is 17.4 Å². The van der Waals surface area contributed by atoms with Gasteiger partial charge in [-0.25, -0.2) is 9.97 Å². The first kappa shape index (κ1) is 15.2. The van der Waals surface area contributed by atoms with E-state index in [4.69, 9.17) is 0 Å². The Labute approximate surface area is 142 Å². The molecule has 5 heteroatoms. The molecule has 124 valence electrons. The van der Waals surface area contributed by atoms with Crippen molar-refractivity contribution in [3.63, 3.8) is 0 Å². The maximum absolute atomic E-state index is 12.9. The van der Waals surface area contributed by atoms with Crippen LogP contribution in [-0.4, -0.2) is 38.8 Å². The number of aromatic nitrogens is 3. The summed E-state index contributed by atoms with van der Waals surface area (Å²) in [6.07, 6.45) is 9.74. The molecule has 0 bridgehead atoms. The van der Waals surface area contributed by atoms with Gasteiger partial charge >= 0.3 is 0 Å². The lowest BCUT2D eigenvalue weighted by atomic mass is 10.00. The van der Waals surface area contributed by atoms with Crippen LogP contribution in [0.2, 0.25) is 0 Å². The van der Waals surface area contributed by atoms with Crippen LogP contribution in [0.15, 0.2) is 30.7 Å². The van der Waals surface area contributed by atoms with Crippen LogP contribution < -0.4 is 0 Å². The van der Waals surface area contributed by atoms with Gasteiger partial charge in [0.25, 0.3) is 5.91 Å². The highest BCUT2D eigenvalue weighted by Crippen LogP contribution is 2.41. The van der Waals surface area contributed by atoms with Crippen LogP contribution in [0.5, 0.6) is 0 Å². The number of pyridine rings is 1. The van der Waals surface area contributed by atoms with E-state index in [-0.39, 0.29) is 5.91 Å². The molecule has 2 fully saturated rings. The Kier molecular flexibility index (Phi) is 4.00. The molecule has 1 aliphatic carbocycles. The number of rotatable bonds is 4. The highest BCUT2D eigenvalue weighted by molar-refractivity contribution is 5.95. The summed E-state index contributed by atoms with van der Waals surface area (Å²) < 4.78 is 0. The van der Waals surface area contributed by atoms with E-state index in [1.54, 1.807) is 6.20 Å². The topological polar surface area (TPSA) is 59.0 Å². The minimum Gasteiger partial charge on any atom is -0.338 e. The Morgan fingerprint density at radius 1 is 1.25 bits per heavy atom. The molecule has 2 aromatic heterocycles. The second-order valence-corrected chi connectivity index (χ2v) is 6.96. The van der Waals surface area contributed by atoms with Gasteiger partial charge in [-0.15, -0.1) is 0 Å². The number of nitrogens with zero attached hydrogens (tertiary/aromatic N) is 4. The van der Waals surface area contributed by atoms with E-state index in [9.17, 15) is 4.79 Å². The second kappa shape index (κ2) is 6.30. The van der Waals surface area contributed by atoms with Crippen molar-refractivity contribution < 1.29 is 4.79 Å². The molecule has 0 N–H and O–H groups in total. The van der Waals surface area contributed by atoms with Gasteiger partial charge in [-0.3, -0.25) is 9.78 Å². The maximum Gasteiger partial charge on any atom is 0.257 e. The zero-order chi connectivity index (χ0) is 16.5. The summed E-state index contributed by atoms with van der Waals surface area (Å²) in [5, 5.41) is 0. The molecular weight excluding hydrogens is 300 g/mol. The predicted molar refractivity (Wildman–Crippen MR) is 90.7 cm³/mol. The van der Waals surface area contributed by atoms with Crippen LogP contribution >= 0.6 is 0 Å². The smallest absolute Gasteiger partial charge is 0.257 e. The van der Waals surface area contributed by atoms with Crippen molar-refractivity contribution >= 4 is 5.91 Å². The van der Waals surface area contributed by atoms with Gasteiger partial charge in [-0.2, -0.15) is 0 Å². The van der Waals surface area contributed by atoms with Crippen molar-refractivity contribution in [1.29, 1.82) is 0 Å². The molecule has 2 aromatic rings. The van der Waals surface area contributed by atoms with Gasteiger partial charge < -0.3 is 4.90 Å². The van der Waals surface area contributed by atoms with Crippen molar-refractivity contribution in [2.24, 2.45) is 5.92 Å². The van der Waals surface area contributed by atoms with Gasteiger partial charge in [-0.1, -0.05) is 0 Å². The van der Waals surface area contributed by atoms with Crippen LogP contribution in [-0.2, 0) is 6.42 Å². The largest absolute Gasteiger partial charge is 0.338 e. The average Bonchev–Trinajstić information content (AvgIpc) is 3.35. The fourth-order valence-electron chi connectivity index (χ4n) is 3.53. The monoisotopic (exact) mass is 322 g/mol. The number of hydrogen-bond donors (Lipinski definition) is 0. The molecule has 24 heavy (non-hydrogen) atoms. The van der Waals surface area contributed by atoms with Crippen molar-refractivity contribution in [2.75, 3.05) is 13.1 Å². The molecule has 1 unspecified atom stereocenters. The molecule has 1 amide bonds. The summed E-state index contributed by atoms with van der Waals surface area (Å²) in [7, 11) is 0. The molecule has 1 atom stereocenters. The number of carbonyl (C=O) groups excluding carboxylic acids is 1. The Morgan fingerprint density at radius 3 is 2.79 bits per heavy atom. The van der Waals surface area contributed by atoms with Gasteiger partial charge in [0.15, 0.2) is 0 Å². The summed E-state index contributed by atoms with van der Waals surface area (Å²) >= 11 is 0. The maximum atomic E-state index is 12.9. The molecule has 2 aliphatic rings. The molecule has 3 heterocycles. The predicted octanol–water partition coefficient (Wildman–Crippen LogP) is 2.76. The zero-order valence-electron chi connectivity index (χ0n) is 14.0. The lowest BCUT2D eigenvalue weighted by molar-refractivity contribution is 0.0785. The van der Waals surface area contributed by atoms with Crippen molar-refractivity contribution in [3.8, 4) is 0 Å². The second-order valence-electron chi connectivity index (χ2n) is 6.96. The lowest BCUT2D eigenvalue weighted by Gasteiger charge is -2.18. The highest BCUT2D eigenvalue weighted by Gasteiger charge is 2.33. The Bertz CT molecular complexity index is 742. The normalized spacial score (nSPS) is 20.4. The highest BCUT2D eigenvalue weighted by atomic mass is 16.2. The van der Waals surface area contributed by atoms with E-state index < -0.39 is 0 Å². The Hall–Kier alpha value is -2.30. The molecule has 1 saturated heterocycles. The number of amides is 1. The third-order valence-electron chi connectivity index (χ3n) is 4.98. The molecule has 5 nitrogen and oxygen atoms in total. The molecule has 1 saturated carbocycles. The Balaban J connectivity index is 1.46. The van der Waals surface area contributed by atoms with E-state index in [2.05, 4.69) is 27.1 Å². The van der Waals surface area contributed by atoms with Gasteiger partial charge in [0.05, 0.1) is 11.3 Å². The van der Waals surface area contributed by atoms with Gasteiger partial charge in [0.2, 0.25) is 0 Å². The standard InChI is InChI=1S/C19H22N4O/c1-13-21-11-17(18(22-13)16-2-3-16)19(24)23-9-6-15(12-23)10-14-4-7-20-8-5-14/h4-5,7-8,11,15-16H,2-3,6,9-10,12H2,1H3. The summed E-state index contributed by atoms with van der Waals surface area (Å²) in [6.45, 7) is 3.53. The molecular formula is C19H22N4O. The third kappa shape index (κ3) is 3.16. The molecule has 0 radical (unpaired) electrons. The molecule has 0 aromatic carbocycles. The minimum absolute atomic E-state index is 0.106. The van der Waals surface area contributed by atoms with Crippen LogP contribution in [0, 0.1) is 12.8 Å². The van der Waals surface area contributed by atoms with Crippen molar-refractivity contribution in [3.05, 3.63) is 53.4 Å². The quantitative estimate of drug-likeness (QED) is 0.868. The first-order chi connectivity index (χ1) is 11.7. The fourth-order valence-corrected chi connectivity index (χ4v) is 3.53. The number of hydrogen-bond acceptors (Lipinski definition) is 4. The molecule has 1 aliphatic heterocycles. The first-order valence-electron chi connectivity index (χ1n) is 8.72. The average molecular weight is 322 g/mol. The van der Waals surface area contributed by atoms with Crippen LogP contribution in [0.3, 0.4) is 0 Å². The summed E-state index contributed by atoms with van der Waals surface area (Å²) in [5.41, 5.74) is 2.97. The number of carbonyl (C=O) groups is 1. The van der Waals surface area contributed by atoms with E-state index in [0.717, 1.165) is 50.3 Å². The van der Waals surface area contributed by atoms with Crippen molar-refractivity contribution in [2.45, 2.75) is 38.5 Å². The zero-order valence-corrected chi connectivity index (χ0v) is 14.0. The Morgan fingerprint density at radius 2 is 2.04 bits per heavy atom. The van der Waals surface area contributed by atoms with Crippen LogP contribution in [0.4, 0.5) is 0 Å². The van der Waals surface area contributed by atoms with Crippen molar-refractivity contribution in [1.82, 2.24) is 19.9 Å². The SMILES string of the molecule is Cc1ncc(C(=O)N2CCC(Cc3ccncc3)C2)c(C2CC2)n1. The lowest BCUT2D eigenvalue weighted by Crippen LogP contribution is -2.30.